The van der Waals surface area contributed by atoms with Crippen LogP contribution >= 0.6 is 15.9 Å². The van der Waals surface area contributed by atoms with Crippen molar-refractivity contribution in [3.63, 3.8) is 0 Å². The van der Waals surface area contributed by atoms with Gasteiger partial charge in [-0.25, -0.2) is 18.5 Å². The topological polar surface area (TPSA) is 82.3 Å². The van der Waals surface area contributed by atoms with Crippen molar-refractivity contribution >= 4 is 26.0 Å². The van der Waals surface area contributed by atoms with Crippen molar-refractivity contribution in [3.8, 4) is 5.88 Å². The third kappa shape index (κ3) is 2.39. The van der Waals surface area contributed by atoms with Gasteiger partial charge >= 0.3 is 0 Å². The molecule has 0 aromatic carbocycles. The number of sulfonamides is 1. The highest BCUT2D eigenvalue weighted by atomic mass is 79.9. The van der Waals surface area contributed by atoms with E-state index in [1.54, 1.807) is 0 Å². The van der Waals surface area contributed by atoms with E-state index in [9.17, 15) is 8.42 Å². The highest BCUT2D eigenvalue weighted by Crippen LogP contribution is 2.23. The van der Waals surface area contributed by atoms with Crippen LogP contribution in [0.25, 0.3) is 0 Å². The number of nitrogens with zero attached hydrogens (tertiary/aromatic N) is 1. The van der Waals surface area contributed by atoms with Gasteiger partial charge in [-0.3, -0.25) is 0 Å². The Morgan fingerprint density at radius 3 is 2.62 bits per heavy atom. The molecule has 1 rings (SSSR count). The van der Waals surface area contributed by atoms with Gasteiger partial charge in [-0.2, -0.15) is 0 Å². The Bertz CT molecular complexity index is 418. The maximum Gasteiger partial charge on any atom is 0.239 e. The van der Waals surface area contributed by atoms with Gasteiger partial charge in [-0.1, -0.05) is 0 Å². The summed E-state index contributed by atoms with van der Waals surface area (Å²) in [5, 5.41) is 4.89. The monoisotopic (exact) mass is 266 g/mol. The standard InChI is InChI=1S/C6H7BrN2O3S/c1-12-6-5(7)2-4(3-9-6)13(8,10)11/h2-3H,1H3,(H2,8,10,11). The van der Waals surface area contributed by atoms with Gasteiger partial charge in [-0.05, 0) is 22.0 Å². The molecule has 0 amide bonds. The molecule has 0 atom stereocenters. The molecule has 0 aliphatic carbocycles. The average Bonchev–Trinajstić information content (AvgIpc) is 2.02. The lowest BCUT2D eigenvalue weighted by atomic mass is 10.5. The van der Waals surface area contributed by atoms with E-state index in [1.165, 1.54) is 13.2 Å². The fourth-order valence-corrected chi connectivity index (χ4v) is 1.86. The summed E-state index contributed by atoms with van der Waals surface area (Å²) in [6, 6.07) is 1.33. The van der Waals surface area contributed by atoms with Gasteiger partial charge in [-0.15, -0.1) is 0 Å². The summed E-state index contributed by atoms with van der Waals surface area (Å²) in [5.74, 6) is 0.312. The number of aromatic nitrogens is 1. The van der Waals surface area contributed by atoms with Crippen LogP contribution in [0.15, 0.2) is 21.6 Å². The number of nitrogens with two attached hydrogens (primary N) is 1. The number of primary sulfonamides is 1. The SMILES string of the molecule is COc1ncc(S(N)(=O)=O)cc1Br. The van der Waals surface area contributed by atoms with Gasteiger partial charge < -0.3 is 4.74 Å². The number of hydrogen-bond donors (Lipinski definition) is 1. The molecule has 0 fully saturated rings. The first-order valence-corrected chi connectivity index (χ1v) is 5.51. The number of rotatable bonds is 2. The summed E-state index contributed by atoms with van der Waals surface area (Å²) in [7, 11) is -2.26. The molecule has 5 nitrogen and oxygen atoms in total. The van der Waals surface area contributed by atoms with Crippen LogP contribution in [0.5, 0.6) is 5.88 Å². The van der Waals surface area contributed by atoms with E-state index < -0.39 is 10.0 Å². The van der Waals surface area contributed by atoms with Crippen LogP contribution < -0.4 is 9.88 Å². The van der Waals surface area contributed by atoms with E-state index in [0.717, 1.165) is 6.20 Å². The second kappa shape index (κ2) is 3.60. The minimum Gasteiger partial charge on any atom is -0.480 e. The van der Waals surface area contributed by atoms with Gasteiger partial charge in [0.25, 0.3) is 0 Å². The summed E-state index contributed by atoms with van der Waals surface area (Å²) in [4.78, 5) is 3.68. The van der Waals surface area contributed by atoms with Crippen molar-refractivity contribution in [2.45, 2.75) is 4.90 Å². The number of hydrogen-bond acceptors (Lipinski definition) is 4. The third-order valence-electron chi connectivity index (χ3n) is 1.30. The number of halogens is 1. The molecule has 0 saturated carbocycles. The minimum atomic E-state index is -3.70. The molecular weight excluding hydrogens is 260 g/mol. The molecule has 0 radical (unpaired) electrons. The van der Waals surface area contributed by atoms with E-state index in [0.29, 0.717) is 10.4 Å². The van der Waals surface area contributed by atoms with Crippen molar-refractivity contribution in [2.75, 3.05) is 7.11 Å². The average molecular weight is 267 g/mol. The zero-order chi connectivity index (χ0) is 10.1. The van der Waals surface area contributed by atoms with Crippen molar-refractivity contribution in [2.24, 2.45) is 5.14 Å². The number of ether oxygens (including phenoxy) is 1. The third-order valence-corrected chi connectivity index (χ3v) is 2.75. The predicted octanol–water partition coefficient (Wildman–Crippen LogP) is 0.500. The van der Waals surface area contributed by atoms with Crippen molar-refractivity contribution in [1.29, 1.82) is 0 Å². The molecule has 0 aliphatic heterocycles. The molecule has 0 unspecified atom stereocenters. The number of pyridine rings is 1. The second-order valence-corrected chi connectivity index (χ2v) is 4.62. The van der Waals surface area contributed by atoms with E-state index in [1.807, 2.05) is 0 Å². The van der Waals surface area contributed by atoms with Gasteiger partial charge in [0, 0.05) is 0 Å². The lowest BCUT2D eigenvalue weighted by molar-refractivity contribution is 0.394. The van der Waals surface area contributed by atoms with Crippen LogP contribution in [0.1, 0.15) is 0 Å². The first-order valence-electron chi connectivity index (χ1n) is 3.17. The fourth-order valence-electron chi connectivity index (χ4n) is 0.714. The van der Waals surface area contributed by atoms with Gasteiger partial charge in [0.2, 0.25) is 15.9 Å². The Labute approximate surface area is 84.1 Å². The van der Waals surface area contributed by atoms with Crippen LogP contribution in [0.2, 0.25) is 0 Å². The van der Waals surface area contributed by atoms with Crippen LogP contribution in [-0.2, 0) is 10.0 Å². The molecule has 1 heterocycles. The highest BCUT2D eigenvalue weighted by molar-refractivity contribution is 9.10. The highest BCUT2D eigenvalue weighted by Gasteiger charge is 2.11. The second-order valence-electron chi connectivity index (χ2n) is 2.21. The Morgan fingerprint density at radius 1 is 1.62 bits per heavy atom. The molecule has 1 aromatic rings. The van der Waals surface area contributed by atoms with Crippen LogP contribution in [0.3, 0.4) is 0 Å². The van der Waals surface area contributed by atoms with E-state index in [2.05, 4.69) is 20.9 Å². The Morgan fingerprint density at radius 2 is 2.23 bits per heavy atom. The van der Waals surface area contributed by atoms with Crippen molar-refractivity contribution in [1.82, 2.24) is 4.98 Å². The zero-order valence-corrected chi connectivity index (χ0v) is 9.09. The molecule has 0 bridgehead atoms. The fraction of sp³-hybridized carbons (Fsp3) is 0.167. The lowest BCUT2D eigenvalue weighted by Gasteiger charge is -2.02. The minimum absolute atomic E-state index is 0.0554. The van der Waals surface area contributed by atoms with Gasteiger partial charge in [0.15, 0.2) is 0 Å². The maximum absolute atomic E-state index is 10.9. The summed E-state index contributed by atoms with van der Waals surface area (Å²) in [6.07, 6.45) is 1.14. The van der Waals surface area contributed by atoms with Crippen molar-refractivity contribution in [3.05, 3.63) is 16.7 Å². The summed E-state index contributed by atoms with van der Waals surface area (Å²) < 4.78 is 27.0. The number of methoxy groups -OCH3 is 1. The molecule has 7 heteroatoms. The molecule has 0 aliphatic rings. The maximum atomic E-state index is 10.9. The van der Waals surface area contributed by atoms with Crippen LogP contribution in [0, 0.1) is 0 Å². The summed E-state index contributed by atoms with van der Waals surface area (Å²) >= 11 is 3.09. The Hall–Kier alpha value is -0.660. The zero-order valence-electron chi connectivity index (χ0n) is 6.69. The lowest BCUT2D eigenvalue weighted by Crippen LogP contribution is -2.12. The molecule has 0 spiro atoms. The molecule has 72 valence electrons. The first kappa shape index (κ1) is 10.4. The van der Waals surface area contributed by atoms with E-state index in [-0.39, 0.29) is 4.90 Å². The van der Waals surface area contributed by atoms with E-state index in [4.69, 9.17) is 9.88 Å². The van der Waals surface area contributed by atoms with Crippen molar-refractivity contribution < 1.29 is 13.2 Å². The normalized spacial score (nSPS) is 11.3. The molecule has 13 heavy (non-hydrogen) atoms. The summed E-state index contributed by atoms with van der Waals surface area (Å²) in [6.45, 7) is 0. The molecule has 1 aromatic heterocycles. The van der Waals surface area contributed by atoms with E-state index >= 15 is 0 Å². The largest absolute Gasteiger partial charge is 0.480 e. The first-order chi connectivity index (χ1) is 5.95. The summed E-state index contributed by atoms with van der Waals surface area (Å²) in [5.41, 5.74) is 0. The molecule has 0 saturated heterocycles. The Balaban J connectivity index is 3.26. The van der Waals surface area contributed by atoms with Gasteiger partial charge in [0.05, 0.1) is 17.8 Å². The smallest absolute Gasteiger partial charge is 0.239 e. The quantitative estimate of drug-likeness (QED) is 0.845. The molecule has 2 N–H and O–H groups in total. The molecular formula is C6H7BrN2O3S. The Kier molecular flexibility index (Phi) is 2.89. The van der Waals surface area contributed by atoms with Crippen LogP contribution in [-0.4, -0.2) is 20.5 Å². The van der Waals surface area contributed by atoms with Crippen LogP contribution in [0.4, 0.5) is 0 Å². The predicted molar refractivity (Wildman–Crippen MR) is 49.9 cm³/mol. The van der Waals surface area contributed by atoms with Gasteiger partial charge in [0.1, 0.15) is 4.90 Å².